The van der Waals surface area contributed by atoms with Crippen LogP contribution in [0.15, 0.2) is 48.5 Å². The summed E-state index contributed by atoms with van der Waals surface area (Å²) in [6.07, 6.45) is -1.11. The number of carbonyl (C=O) groups excluding carboxylic acids is 2. The van der Waals surface area contributed by atoms with Crippen molar-refractivity contribution in [1.29, 1.82) is 0 Å². The fourth-order valence-corrected chi connectivity index (χ4v) is 1.89. The fraction of sp³-hybridized carbons (Fsp3) is 0.176. The van der Waals surface area contributed by atoms with Gasteiger partial charge in [-0.1, -0.05) is 24.3 Å². The molecule has 0 aliphatic rings. The van der Waals surface area contributed by atoms with Crippen LogP contribution in [0.25, 0.3) is 0 Å². The molecule has 0 radical (unpaired) electrons. The van der Waals surface area contributed by atoms with E-state index < -0.39 is 29.6 Å². The van der Waals surface area contributed by atoms with Crippen LogP contribution in [0.5, 0.6) is 5.75 Å². The van der Waals surface area contributed by atoms with E-state index in [-0.39, 0.29) is 12.2 Å². The third kappa shape index (κ3) is 5.05. The molecule has 1 atom stereocenters. The molecule has 126 valence electrons. The summed E-state index contributed by atoms with van der Waals surface area (Å²) < 4.78 is 31.7. The Morgan fingerprint density at radius 1 is 1.08 bits per heavy atom. The zero-order chi connectivity index (χ0) is 17.5. The lowest BCUT2D eigenvalue weighted by molar-refractivity contribution is -0.132. The van der Waals surface area contributed by atoms with Crippen LogP contribution in [0.3, 0.4) is 0 Å². The highest BCUT2D eigenvalue weighted by atomic mass is 19.1. The third-order valence-electron chi connectivity index (χ3n) is 3.09. The van der Waals surface area contributed by atoms with Crippen molar-refractivity contribution in [3.63, 3.8) is 0 Å². The van der Waals surface area contributed by atoms with E-state index in [0.29, 0.717) is 5.56 Å². The second kappa shape index (κ2) is 8.05. The monoisotopic (exact) mass is 334 g/mol. The normalized spacial score (nSPS) is 11.5. The molecule has 0 saturated heterocycles. The van der Waals surface area contributed by atoms with E-state index >= 15 is 0 Å². The molecule has 0 fully saturated rings. The van der Waals surface area contributed by atoms with Crippen LogP contribution in [-0.4, -0.2) is 17.9 Å². The summed E-state index contributed by atoms with van der Waals surface area (Å²) >= 11 is 0. The summed E-state index contributed by atoms with van der Waals surface area (Å²) in [5.41, 5.74) is 4.84. The standard InChI is InChI=1S/C17H16F2N2O3/c1-11(24-15-8-3-2-7-14(15)19)17(23)21-20-16(22)10-12-5-4-6-13(18)9-12/h2-9,11H,10H2,1H3,(H,20,22)(H,21,23)/t11-/m1/s1. The Balaban J connectivity index is 1.81. The molecule has 0 heterocycles. The highest BCUT2D eigenvalue weighted by Crippen LogP contribution is 2.16. The van der Waals surface area contributed by atoms with Crippen molar-refractivity contribution in [1.82, 2.24) is 10.9 Å². The van der Waals surface area contributed by atoms with E-state index in [1.807, 2.05) is 0 Å². The molecule has 2 rings (SSSR count). The molecule has 2 aromatic carbocycles. The Bertz CT molecular complexity index is 737. The molecule has 0 spiro atoms. The minimum Gasteiger partial charge on any atom is -0.478 e. The number of hydrogen-bond donors (Lipinski definition) is 2. The maximum atomic E-state index is 13.4. The number of benzene rings is 2. The van der Waals surface area contributed by atoms with Crippen molar-refractivity contribution in [2.75, 3.05) is 0 Å². The maximum Gasteiger partial charge on any atom is 0.279 e. The van der Waals surface area contributed by atoms with Gasteiger partial charge in [-0.25, -0.2) is 8.78 Å². The first-order valence-corrected chi connectivity index (χ1v) is 7.20. The van der Waals surface area contributed by atoms with Crippen molar-refractivity contribution in [3.8, 4) is 5.75 Å². The zero-order valence-corrected chi connectivity index (χ0v) is 12.9. The van der Waals surface area contributed by atoms with E-state index in [1.54, 1.807) is 12.1 Å². The predicted molar refractivity (Wildman–Crippen MR) is 82.9 cm³/mol. The molecule has 2 N–H and O–H groups in total. The lowest BCUT2D eigenvalue weighted by Gasteiger charge is -2.15. The largest absolute Gasteiger partial charge is 0.478 e. The zero-order valence-electron chi connectivity index (χ0n) is 12.9. The molecule has 7 heteroatoms. The van der Waals surface area contributed by atoms with Crippen molar-refractivity contribution in [3.05, 3.63) is 65.7 Å². The van der Waals surface area contributed by atoms with Crippen LogP contribution in [0.1, 0.15) is 12.5 Å². The fourth-order valence-electron chi connectivity index (χ4n) is 1.89. The number of rotatable bonds is 5. The Morgan fingerprint density at radius 3 is 2.54 bits per heavy atom. The van der Waals surface area contributed by atoms with Gasteiger partial charge >= 0.3 is 0 Å². The number of halogens is 2. The highest BCUT2D eigenvalue weighted by molar-refractivity contribution is 5.85. The Morgan fingerprint density at radius 2 is 1.83 bits per heavy atom. The summed E-state index contributed by atoms with van der Waals surface area (Å²) in [4.78, 5) is 23.6. The second-order valence-corrected chi connectivity index (χ2v) is 5.03. The minimum absolute atomic E-state index is 0.0637. The Hall–Kier alpha value is -2.96. The van der Waals surface area contributed by atoms with E-state index in [4.69, 9.17) is 4.74 Å². The van der Waals surface area contributed by atoms with Gasteiger partial charge in [0.05, 0.1) is 6.42 Å². The van der Waals surface area contributed by atoms with Crippen LogP contribution >= 0.6 is 0 Å². The lowest BCUT2D eigenvalue weighted by Crippen LogP contribution is -2.47. The molecule has 0 aliphatic carbocycles. The van der Waals surface area contributed by atoms with Gasteiger partial charge in [0.2, 0.25) is 5.91 Å². The van der Waals surface area contributed by atoms with Gasteiger partial charge in [0.15, 0.2) is 17.7 Å². The highest BCUT2D eigenvalue weighted by Gasteiger charge is 2.17. The van der Waals surface area contributed by atoms with Crippen LogP contribution in [-0.2, 0) is 16.0 Å². The smallest absolute Gasteiger partial charge is 0.279 e. The number of hydrazine groups is 1. The van der Waals surface area contributed by atoms with Gasteiger partial charge < -0.3 is 4.74 Å². The third-order valence-corrected chi connectivity index (χ3v) is 3.09. The number of hydrogen-bond acceptors (Lipinski definition) is 3. The quantitative estimate of drug-likeness (QED) is 0.823. The van der Waals surface area contributed by atoms with Crippen LogP contribution in [0.2, 0.25) is 0 Å². The summed E-state index contributed by atoms with van der Waals surface area (Å²) in [5.74, 6) is -2.27. The Kier molecular flexibility index (Phi) is 5.83. The summed E-state index contributed by atoms with van der Waals surface area (Å²) in [7, 11) is 0. The number of para-hydroxylation sites is 1. The van der Waals surface area contributed by atoms with Crippen molar-refractivity contribution < 1.29 is 23.1 Å². The molecular formula is C17H16F2N2O3. The first-order valence-electron chi connectivity index (χ1n) is 7.20. The average Bonchev–Trinajstić information content (AvgIpc) is 2.54. The molecule has 0 saturated carbocycles. The molecule has 24 heavy (non-hydrogen) atoms. The van der Waals surface area contributed by atoms with Crippen LogP contribution in [0, 0.1) is 11.6 Å². The number of carbonyl (C=O) groups is 2. The van der Waals surface area contributed by atoms with E-state index in [9.17, 15) is 18.4 Å². The van der Waals surface area contributed by atoms with Crippen LogP contribution < -0.4 is 15.6 Å². The number of ether oxygens (including phenoxy) is 1. The molecule has 0 aliphatic heterocycles. The van der Waals surface area contributed by atoms with Crippen molar-refractivity contribution >= 4 is 11.8 Å². The van der Waals surface area contributed by atoms with Gasteiger partial charge in [-0.15, -0.1) is 0 Å². The average molecular weight is 334 g/mol. The van der Waals surface area contributed by atoms with Gasteiger partial charge in [-0.3, -0.25) is 20.4 Å². The lowest BCUT2D eigenvalue weighted by atomic mass is 10.1. The SMILES string of the molecule is C[C@@H](Oc1ccccc1F)C(=O)NNC(=O)Cc1cccc(F)c1. The number of nitrogens with one attached hydrogen (secondary N) is 2. The van der Waals surface area contributed by atoms with Gasteiger partial charge in [-0.05, 0) is 36.8 Å². The van der Waals surface area contributed by atoms with Gasteiger partial charge in [0, 0.05) is 0 Å². The molecule has 0 unspecified atom stereocenters. The van der Waals surface area contributed by atoms with Gasteiger partial charge in [0.1, 0.15) is 5.82 Å². The Labute approximate surface area is 137 Å². The van der Waals surface area contributed by atoms with E-state index in [2.05, 4.69) is 10.9 Å². The minimum atomic E-state index is -1.02. The first-order chi connectivity index (χ1) is 11.5. The topological polar surface area (TPSA) is 67.4 Å². The molecule has 2 amide bonds. The number of amides is 2. The van der Waals surface area contributed by atoms with Crippen molar-refractivity contribution in [2.45, 2.75) is 19.4 Å². The summed E-state index contributed by atoms with van der Waals surface area (Å²) in [6, 6.07) is 11.2. The maximum absolute atomic E-state index is 13.4. The summed E-state index contributed by atoms with van der Waals surface area (Å²) in [5, 5.41) is 0. The first kappa shape index (κ1) is 17.4. The van der Waals surface area contributed by atoms with E-state index in [0.717, 1.165) is 0 Å². The predicted octanol–water partition coefficient (Wildman–Crippen LogP) is 2.12. The van der Waals surface area contributed by atoms with Crippen LogP contribution in [0.4, 0.5) is 8.78 Å². The second-order valence-electron chi connectivity index (χ2n) is 5.03. The molecular weight excluding hydrogens is 318 g/mol. The van der Waals surface area contributed by atoms with Gasteiger partial charge in [-0.2, -0.15) is 0 Å². The molecule has 0 aromatic heterocycles. The van der Waals surface area contributed by atoms with Crippen molar-refractivity contribution in [2.24, 2.45) is 0 Å². The van der Waals surface area contributed by atoms with Gasteiger partial charge in [0.25, 0.3) is 5.91 Å². The summed E-state index contributed by atoms with van der Waals surface area (Å²) in [6.45, 7) is 1.42. The van der Waals surface area contributed by atoms with E-state index in [1.165, 1.54) is 43.3 Å². The molecule has 5 nitrogen and oxygen atoms in total. The molecule has 2 aromatic rings. The molecule has 0 bridgehead atoms.